The molecule has 0 aliphatic rings. The SMILES string of the molecule is C/C(=C\CCl)c1ccccc1.C/C(=C\CO)c1ccccc1.CC(=O)c1ccccc1.CC(CCCl)c1ccccc1.CC(CCO)c1ccccc1.CCOC(=O)/C=C(\C)c1ccccc1. The Bertz CT molecular complexity index is 2120. The average Bonchev–Trinajstić information content (AvgIpc) is 3.37. The Hall–Kier alpha value is -5.82. The van der Waals surface area contributed by atoms with Gasteiger partial charge in [0.2, 0.25) is 0 Å². The molecule has 2 atom stereocenters. The van der Waals surface area contributed by atoms with Gasteiger partial charge in [0.25, 0.3) is 0 Å². The lowest BCUT2D eigenvalue weighted by Crippen LogP contribution is -2.00. The zero-order chi connectivity index (χ0) is 49.5. The Kier molecular flexibility index (Phi) is 33.8. The van der Waals surface area contributed by atoms with Crippen LogP contribution in [0.4, 0.5) is 0 Å². The van der Waals surface area contributed by atoms with Crippen LogP contribution >= 0.6 is 23.2 Å². The minimum atomic E-state index is -0.283. The molecular formula is C60H72Cl2O5. The maximum Gasteiger partial charge on any atom is 0.331 e. The molecular weight excluding hydrogens is 872 g/mol. The lowest BCUT2D eigenvalue weighted by molar-refractivity contribution is -0.137. The van der Waals surface area contributed by atoms with Gasteiger partial charge in [0, 0.05) is 30.0 Å². The van der Waals surface area contributed by atoms with Crippen molar-refractivity contribution in [1.29, 1.82) is 0 Å². The summed E-state index contributed by atoms with van der Waals surface area (Å²) >= 11 is 11.2. The number of Topliss-reactive ketones (excluding diaryl/α,β-unsaturated/α-hetero) is 1. The number of aliphatic hydroxyl groups is 2. The van der Waals surface area contributed by atoms with Crippen LogP contribution in [-0.4, -0.2) is 53.5 Å². The number of esters is 1. The Balaban J connectivity index is 0.000000404. The molecule has 356 valence electrons. The third-order valence-corrected chi connectivity index (χ3v) is 10.5. The van der Waals surface area contributed by atoms with Crippen molar-refractivity contribution in [2.75, 3.05) is 31.6 Å². The van der Waals surface area contributed by atoms with Gasteiger partial charge in [0.15, 0.2) is 5.78 Å². The molecule has 0 aromatic heterocycles. The molecule has 2 N–H and O–H groups in total. The van der Waals surface area contributed by atoms with Crippen molar-refractivity contribution in [2.45, 2.75) is 73.1 Å². The third-order valence-electron chi connectivity index (χ3n) is 10.1. The van der Waals surface area contributed by atoms with Crippen LogP contribution in [0.15, 0.2) is 200 Å². The molecule has 0 saturated heterocycles. The Morgan fingerprint density at radius 1 is 0.507 bits per heavy atom. The molecule has 6 aromatic carbocycles. The first-order valence-corrected chi connectivity index (χ1v) is 23.8. The third kappa shape index (κ3) is 28.1. The quantitative estimate of drug-likeness (QED) is 0.0492. The zero-order valence-electron chi connectivity index (χ0n) is 40.5. The molecule has 6 rings (SSSR count). The largest absolute Gasteiger partial charge is 0.463 e. The molecule has 0 bridgehead atoms. The summed E-state index contributed by atoms with van der Waals surface area (Å²) in [6, 6.07) is 60.0. The molecule has 5 nitrogen and oxygen atoms in total. The van der Waals surface area contributed by atoms with Crippen LogP contribution in [0.1, 0.15) is 111 Å². The predicted molar refractivity (Wildman–Crippen MR) is 288 cm³/mol. The maximum absolute atomic E-state index is 11.1. The van der Waals surface area contributed by atoms with Crippen LogP contribution in [0.5, 0.6) is 0 Å². The Morgan fingerprint density at radius 2 is 0.851 bits per heavy atom. The molecule has 67 heavy (non-hydrogen) atoms. The second-order valence-corrected chi connectivity index (χ2v) is 16.0. The first-order chi connectivity index (χ1) is 32.4. The summed E-state index contributed by atoms with van der Waals surface area (Å²) in [6.07, 6.45) is 7.24. The summed E-state index contributed by atoms with van der Waals surface area (Å²) in [4.78, 5) is 21.8. The van der Waals surface area contributed by atoms with E-state index in [-0.39, 0.29) is 25.0 Å². The number of alkyl halides is 2. The number of carbonyl (C=O) groups excluding carboxylic acids is 2. The second-order valence-electron chi connectivity index (χ2n) is 15.3. The van der Waals surface area contributed by atoms with E-state index in [1.54, 1.807) is 19.9 Å². The molecule has 0 aliphatic heterocycles. The van der Waals surface area contributed by atoms with Gasteiger partial charge in [0.05, 0.1) is 13.2 Å². The van der Waals surface area contributed by atoms with Crippen LogP contribution < -0.4 is 0 Å². The standard InChI is InChI=1S/C12H14O2.C10H13Cl.C10H11Cl.C10H14O.C10H12O.C8H8O/c1-3-14-12(13)9-10(2)11-7-5-4-6-8-11;4*1-9(7-8-11)10-5-3-2-4-6-10;1-7(9)8-5-3-2-4-6-8/h4-9H,3H2,1-2H3;2-6,9H,7-8H2,1H3;2-7H,8H2,1H3;2-6,9,11H,7-8H2,1H3;2-7,11H,8H2,1H3;2-6H,1H3/b10-9+;;9-7+;;9-7+;. The van der Waals surface area contributed by atoms with Crippen LogP contribution in [-0.2, 0) is 9.53 Å². The minimum absolute atomic E-state index is 0.112. The van der Waals surface area contributed by atoms with E-state index < -0.39 is 0 Å². The van der Waals surface area contributed by atoms with Gasteiger partial charge in [-0.2, -0.15) is 0 Å². The molecule has 2 unspecified atom stereocenters. The number of carbonyl (C=O) groups is 2. The predicted octanol–water partition coefficient (Wildman–Crippen LogP) is 15.5. The van der Waals surface area contributed by atoms with E-state index in [1.807, 2.05) is 153 Å². The molecule has 6 aromatic rings. The molecule has 0 heterocycles. The fraction of sp³-hybridized carbons (Fsp3) is 0.267. The summed E-state index contributed by atoms with van der Waals surface area (Å²) in [6.45, 7) is 14.5. The van der Waals surface area contributed by atoms with Gasteiger partial charge in [-0.1, -0.05) is 208 Å². The molecule has 0 fully saturated rings. The van der Waals surface area contributed by atoms with Crippen molar-refractivity contribution < 1.29 is 24.5 Å². The highest BCUT2D eigenvalue weighted by Crippen LogP contribution is 2.19. The number of hydrogen-bond donors (Lipinski definition) is 2. The monoisotopic (exact) mass is 942 g/mol. The van der Waals surface area contributed by atoms with E-state index >= 15 is 0 Å². The molecule has 0 amide bonds. The smallest absolute Gasteiger partial charge is 0.331 e. The van der Waals surface area contributed by atoms with Gasteiger partial charge in [-0.3, -0.25) is 4.79 Å². The number of rotatable bonds is 14. The second kappa shape index (κ2) is 38.3. The van der Waals surface area contributed by atoms with Crippen LogP contribution in [0.2, 0.25) is 0 Å². The fourth-order valence-electron chi connectivity index (χ4n) is 5.96. The highest BCUT2D eigenvalue weighted by Gasteiger charge is 2.03. The Morgan fingerprint density at radius 3 is 1.16 bits per heavy atom. The van der Waals surface area contributed by atoms with E-state index in [1.165, 1.54) is 33.9 Å². The van der Waals surface area contributed by atoms with Crippen molar-refractivity contribution >= 4 is 51.7 Å². The first-order valence-electron chi connectivity index (χ1n) is 22.8. The minimum Gasteiger partial charge on any atom is -0.463 e. The molecule has 0 saturated carbocycles. The lowest BCUT2D eigenvalue weighted by atomic mass is 9.99. The van der Waals surface area contributed by atoms with Crippen molar-refractivity contribution in [1.82, 2.24) is 0 Å². The first kappa shape index (κ1) is 59.2. The van der Waals surface area contributed by atoms with Crippen molar-refractivity contribution in [3.05, 3.63) is 234 Å². The highest BCUT2D eigenvalue weighted by atomic mass is 35.5. The van der Waals surface area contributed by atoms with Gasteiger partial charge in [-0.15, -0.1) is 23.2 Å². The van der Waals surface area contributed by atoms with E-state index in [4.69, 9.17) is 38.2 Å². The van der Waals surface area contributed by atoms with Gasteiger partial charge in [-0.05, 0) is 104 Å². The summed E-state index contributed by atoms with van der Waals surface area (Å²) in [7, 11) is 0. The van der Waals surface area contributed by atoms with Gasteiger partial charge >= 0.3 is 5.97 Å². The van der Waals surface area contributed by atoms with E-state index in [0.29, 0.717) is 24.3 Å². The lowest BCUT2D eigenvalue weighted by Gasteiger charge is -2.08. The zero-order valence-corrected chi connectivity index (χ0v) is 42.0. The number of ketones is 1. The van der Waals surface area contributed by atoms with Crippen molar-refractivity contribution in [3.8, 4) is 0 Å². The molecule has 0 radical (unpaired) electrons. The average molecular weight is 944 g/mol. The summed E-state index contributed by atoms with van der Waals surface area (Å²) in [5.41, 5.74) is 10.2. The maximum atomic E-state index is 11.1. The Labute approximate surface area is 412 Å². The number of halogens is 2. The highest BCUT2D eigenvalue weighted by molar-refractivity contribution is 6.19. The number of hydrogen-bond acceptors (Lipinski definition) is 5. The molecule has 0 spiro atoms. The van der Waals surface area contributed by atoms with Gasteiger partial charge < -0.3 is 14.9 Å². The van der Waals surface area contributed by atoms with Crippen LogP contribution in [0.25, 0.3) is 16.7 Å². The number of allylic oxidation sites excluding steroid dienone is 4. The van der Waals surface area contributed by atoms with Crippen LogP contribution in [0, 0.1) is 0 Å². The van der Waals surface area contributed by atoms with E-state index in [2.05, 4.69) is 69.3 Å². The van der Waals surface area contributed by atoms with Gasteiger partial charge in [0.1, 0.15) is 0 Å². The van der Waals surface area contributed by atoms with Crippen LogP contribution in [0.3, 0.4) is 0 Å². The number of ether oxygens (including phenoxy) is 1. The molecule has 7 heteroatoms. The fourth-order valence-corrected chi connectivity index (χ4v) is 6.52. The van der Waals surface area contributed by atoms with Crippen molar-refractivity contribution in [3.63, 3.8) is 0 Å². The topological polar surface area (TPSA) is 83.8 Å². The van der Waals surface area contributed by atoms with Crippen molar-refractivity contribution in [2.24, 2.45) is 0 Å². The summed E-state index contributed by atoms with van der Waals surface area (Å²) < 4.78 is 4.82. The summed E-state index contributed by atoms with van der Waals surface area (Å²) in [5.74, 6) is 2.23. The van der Waals surface area contributed by atoms with E-state index in [0.717, 1.165) is 41.0 Å². The summed E-state index contributed by atoms with van der Waals surface area (Å²) in [5, 5.41) is 17.3. The number of benzene rings is 6. The number of aliphatic hydroxyl groups excluding tert-OH is 2. The van der Waals surface area contributed by atoms with E-state index in [9.17, 15) is 9.59 Å². The van der Waals surface area contributed by atoms with Gasteiger partial charge in [-0.25, -0.2) is 4.79 Å². The normalized spacial score (nSPS) is 11.6. The molecule has 0 aliphatic carbocycles.